The molecule has 0 amide bonds. The van der Waals surface area contributed by atoms with Gasteiger partial charge in [0.25, 0.3) is 0 Å². The Morgan fingerprint density at radius 3 is 2.42 bits per heavy atom. The van der Waals surface area contributed by atoms with Crippen molar-refractivity contribution in [2.24, 2.45) is 0 Å². The van der Waals surface area contributed by atoms with Crippen LogP contribution in [0.2, 0.25) is 5.02 Å². The third-order valence-electron chi connectivity index (χ3n) is 4.46. The van der Waals surface area contributed by atoms with Gasteiger partial charge < -0.3 is 5.11 Å². The van der Waals surface area contributed by atoms with Gasteiger partial charge in [-0.3, -0.25) is 4.90 Å². The molecular formula is C18H20ClNO3S. The second-order valence-corrected chi connectivity index (χ2v) is 8.60. The summed E-state index contributed by atoms with van der Waals surface area (Å²) >= 11 is 5.82. The maximum absolute atomic E-state index is 12.5. The first-order chi connectivity index (χ1) is 11.5. The molecule has 0 spiro atoms. The van der Waals surface area contributed by atoms with Crippen molar-refractivity contribution in [3.05, 3.63) is 59.1 Å². The van der Waals surface area contributed by atoms with Gasteiger partial charge in [-0.2, -0.15) is 0 Å². The fourth-order valence-electron chi connectivity index (χ4n) is 3.16. The zero-order valence-electron chi connectivity index (χ0n) is 13.2. The highest BCUT2D eigenvalue weighted by atomic mass is 35.5. The molecule has 1 aliphatic heterocycles. The topological polar surface area (TPSA) is 57.6 Å². The summed E-state index contributed by atoms with van der Waals surface area (Å²) in [5, 5.41) is 9.95. The van der Waals surface area contributed by atoms with E-state index in [1.807, 2.05) is 12.1 Å². The number of likely N-dealkylation sites (tertiary alicyclic amines) is 1. The fraction of sp³-hybridized carbons (Fsp3) is 0.333. The van der Waals surface area contributed by atoms with Crippen molar-refractivity contribution >= 4 is 21.4 Å². The highest BCUT2D eigenvalue weighted by Crippen LogP contribution is 2.32. The number of sulfone groups is 1. The first-order valence-corrected chi connectivity index (χ1v) is 10.00. The number of halogens is 1. The number of hydrogen-bond donors (Lipinski definition) is 1. The Hall–Kier alpha value is -1.56. The largest absolute Gasteiger partial charge is 0.508 e. The van der Waals surface area contributed by atoms with E-state index in [4.69, 9.17) is 11.6 Å². The van der Waals surface area contributed by atoms with Crippen LogP contribution in [-0.2, 0) is 9.84 Å². The van der Waals surface area contributed by atoms with E-state index >= 15 is 0 Å². The van der Waals surface area contributed by atoms with E-state index in [9.17, 15) is 13.5 Å². The van der Waals surface area contributed by atoms with E-state index in [1.54, 1.807) is 36.4 Å². The second-order valence-electron chi connectivity index (χ2n) is 6.06. The first-order valence-electron chi connectivity index (χ1n) is 7.97. The van der Waals surface area contributed by atoms with Gasteiger partial charge in [0, 0.05) is 17.6 Å². The lowest BCUT2D eigenvalue weighted by Gasteiger charge is -2.24. The normalized spacial score (nSPS) is 18.8. The van der Waals surface area contributed by atoms with Crippen LogP contribution in [0.5, 0.6) is 5.75 Å². The molecule has 3 rings (SSSR count). The van der Waals surface area contributed by atoms with Crippen LogP contribution in [0.4, 0.5) is 0 Å². The van der Waals surface area contributed by atoms with Gasteiger partial charge in [-0.25, -0.2) is 8.42 Å². The van der Waals surface area contributed by atoms with Gasteiger partial charge in [-0.1, -0.05) is 23.7 Å². The number of hydrogen-bond acceptors (Lipinski definition) is 4. The molecule has 0 aliphatic carbocycles. The molecule has 4 nitrogen and oxygen atoms in total. The lowest BCUT2D eigenvalue weighted by molar-refractivity contribution is 0.272. The average molecular weight is 366 g/mol. The van der Waals surface area contributed by atoms with Crippen LogP contribution in [0, 0.1) is 0 Å². The molecule has 2 aromatic carbocycles. The number of phenols is 1. The first kappa shape index (κ1) is 17.3. The maximum Gasteiger partial charge on any atom is 0.179 e. The Labute approximate surface area is 147 Å². The summed E-state index contributed by atoms with van der Waals surface area (Å²) < 4.78 is 25.0. The Morgan fingerprint density at radius 1 is 1.08 bits per heavy atom. The Kier molecular flexibility index (Phi) is 5.13. The number of nitrogens with zero attached hydrogens (tertiary/aromatic N) is 1. The lowest BCUT2D eigenvalue weighted by atomic mass is 10.0. The minimum Gasteiger partial charge on any atom is -0.508 e. The van der Waals surface area contributed by atoms with Crippen molar-refractivity contribution in [1.29, 1.82) is 0 Å². The second kappa shape index (κ2) is 7.13. The average Bonchev–Trinajstić information content (AvgIpc) is 3.03. The van der Waals surface area contributed by atoms with E-state index in [0.717, 1.165) is 24.9 Å². The summed E-state index contributed by atoms with van der Waals surface area (Å²) in [6.07, 6.45) is 2.05. The Bertz CT molecular complexity index is 788. The van der Waals surface area contributed by atoms with Crippen molar-refractivity contribution in [3.63, 3.8) is 0 Å². The quantitative estimate of drug-likeness (QED) is 0.878. The molecular weight excluding hydrogens is 346 g/mol. The van der Waals surface area contributed by atoms with E-state index < -0.39 is 9.84 Å². The molecule has 0 radical (unpaired) electrons. The van der Waals surface area contributed by atoms with Crippen LogP contribution >= 0.6 is 11.6 Å². The summed E-state index contributed by atoms with van der Waals surface area (Å²) in [7, 11) is -3.32. The molecule has 0 aromatic heterocycles. The summed E-state index contributed by atoms with van der Waals surface area (Å²) in [4.78, 5) is 2.52. The number of aromatic hydroxyl groups is 1. The smallest absolute Gasteiger partial charge is 0.179 e. The SMILES string of the molecule is O=S(=O)(CCN1CCC[C@H]1c1ccc(O)cc1)c1ccc(Cl)cc1. The van der Waals surface area contributed by atoms with Crippen LogP contribution in [0.15, 0.2) is 53.4 Å². The van der Waals surface area contributed by atoms with E-state index in [1.165, 1.54) is 0 Å². The Balaban J connectivity index is 1.68. The predicted molar refractivity (Wildman–Crippen MR) is 95.2 cm³/mol. The van der Waals surface area contributed by atoms with Gasteiger partial charge in [0.15, 0.2) is 9.84 Å². The molecule has 1 aliphatic rings. The molecule has 0 bridgehead atoms. The van der Waals surface area contributed by atoms with Crippen molar-refractivity contribution < 1.29 is 13.5 Å². The van der Waals surface area contributed by atoms with Crippen molar-refractivity contribution in [2.75, 3.05) is 18.8 Å². The van der Waals surface area contributed by atoms with E-state index in [0.29, 0.717) is 16.5 Å². The minimum atomic E-state index is -3.32. The molecule has 24 heavy (non-hydrogen) atoms. The molecule has 1 fully saturated rings. The van der Waals surface area contributed by atoms with Crippen molar-refractivity contribution in [2.45, 2.75) is 23.8 Å². The molecule has 128 valence electrons. The van der Waals surface area contributed by atoms with Crippen LogP contribution in [0.1, 0.15) is 24.4 Å². The Morgan fingerprint density at radius 2 is 1.75 bits per heavy atom. The molecule has 6 heteroatoms. The maximum atomic E-state index is 12.5. The van der Waals surface area contributed by atoms with E-state index in [-0.39, 0.29) is 17.5 Å². The van der Waals surface area contributed by atoms with Crippen molar-refractivity contribution in [3.8, 4) is 5.75 Å². The van der Waals surface area contributed by atoms with Crippen LogP contribution < -0.4 is 0 Å². The minimum absolute atomic E-state index is 0.0865. The number of rotatable bonds is 5. The summed E-state index contributed by atoms with van der Waals surface area (Å²) in [6.45, 7) is 1.39. The van der Waals surface area contributed by atoms with E-state index in [2.05, 4.69) is 4.90 Å². The van der Waals surface area contributed by atoms with Gasteiger partial charge >= 0.3 is 0 Å². The van der Waals surface area contributed by atoms with Gasteiger partial charge in [0.1, 0.15) is 5.75 Å². The number of phenolic OH excluding ortho intramolecular Hbond substituents is 1. The third-order valence-corrected chi connectivity index (χ3v) is 6.42. The molecule has 0 saturated carbocycles. The molecule has 0 unspecified atom stereocenters. The van der Waals surface area contributed by atoms with Crippen LogP contribution in [0.25, 0.3) is 0 Å². The van der Waals surface area contributed by atoms with Gasteiger partial charge in [-0.05, 0) is 61.3 Å². The standard InChI is InChI=1S/C18H20ClNO3S/c19-15-5-9-17(10-6-15)24(22,23)13-12-20-11-1-2-18(20)14-3-7-16(21)8-4-14/h3-10,18,21H,1-2,11-13H2/t18-/m0/s1. The van der Waals surface area contributed by atoms with Gasteiger partial charge in [-0.15, -0.1) is 0 Å². The lowest BCUT2D eigenvalue weighted by Crippen LogP contribution is -2.29. The molecule has 1 saturated heterocycles. The zero-order chi connectivity index (χ0) is 17.2. The van der Waals surface area contributed by atoms with Gasteiger partial charge in [0.2, 0.25) is 0 Å². The highest BCUT2D eigenvalue weighted by Gasteiger charge is 2.27. The van der Waals surface area contributed by atoms with Crippen LogP contribution in [0.3, 0.4) is 0 Å². The van der Waals surface area contributed by atoms with Crippen LogP contribution in [-0.4, -0.2) is 37.3 Å². The summed E-state index contributed by atoms with van der Waals surface area (Å²) in [5.41, 5.74) is 1.12. The molecule has 2 aromatic rings. The molecule has 1 heterocycles. The summed E-state index contributed by atoms with van der Waals surface area (Å²) in [5.74, 6) is 0.331. The molecule has 1 N–H and O–H groups in total. The fourth-order valence-corrected chi connectivity index (χ4v) is 4.55. The number of benzene rings is 2. The monoisotopic (exact) mass is 365 g/mol. The highest BCUT2D eigenvalue weighted by molar-refractivity contribution is 7.91. The molecule has 1 atom stereocenters. The summed E-state index contributed by atoms with van der Waals surface area (Å²) in [6, 6.07) is 13.7. The third kappa shape index (κ3) is 3.91. The zero-order valence-corrected chi connectivity index (χ0v) is 14.8. The van der Waals surface area contributed by atoms with Gasteiger partial charge in [0.05, 0.1) is 10.6 Å². The predicted octanol–water partition coefficient (Wildman–Crippen LogP) is 3.66. The van der Waals surface area contributed by atoms with Crippen molar-refractivity contribution in [1.82, 2.24) is 4.90 Å².